The largest absolute Gasteiger partial charge is 0.466 e. The summed E-state index contributed by atoms with van der Waals surface area (Å²) in [5.74, 6) is 0.574. The Kier molecular flexibility index (Phi) is 4.34. The molecular weight excluding hydrogens is 194 g/mol. The molecule has 15 heavy (non-hydrogen) atoms. The molecule has 0 atom stereocenters. The molecular formula is C11H17NO3. The van der Waals surface area contributed by atoms with Crippen LogP contribution in [0.15, 0.2) is 4.52 Å². The normalized spacial score (nSPS) is 10.3. The van der Waals surface area contributed by atoms with Crippen molar-refractivity contribution in [3.8, 4) is 0 Å². The Labute approximate surface area is 89.6 Å². The Hall–Kier alpha value is -1.32. The van der Waals surface area contributed by atoms with Crippen molar-refractivity contribution >= 4 is 5.97 Å². The van der Waals surface area contributed by atoms with Crippen molar-refractivity contribution in [3.63, 3.8) is 0 Å². The van der Waals surface area contributed by atoms with Crippen LogP contribution in [-0.4, -0.2) is 17.7 Å². The molecule has 1 heterocycles. The van der Waals surface area contributed by atoms with Gasteiger partial charge in [0.2, 0.25) is 0 Å². The monoisotopic (exact) mass is 211 g/mol. The van der Waals surface area contributed by atoms with Crippen LogP contribution >= 0.6 is 0 Å². The zero-order chi connectivity index (χ0) is 11.3. The van der Waals surface area contributed by atoms with Gasteiger partial charge in [-0.3, -0.25) is 4.79 Å². The Morgan fingerprint density at radius 3 is 2.60 bits per heavy atom. The third-order valence-corrected chi connectivity index (χ3v) is 2.23. The van der Waals surface area contributed by atoms with Gasteiger partial charge in [-0.2, -0.15) is 0 Å². The first-order valence-electron chi connectivity index (χ1n) is 5.34. The van der Waals surface area contributed by atoms with Crippen molar-refractivity contribution < 1.29 is 14.1 Å². The Balaban J connectivity index is 2.81. The summed E-state index contributed by atoms with van der Waals surface area (Å²) in [6, 6.07) is 0. The van der Waals surface area contributed by atoms with Gasteiger partial charge in [-0.05, 0) is 13.3 Å². The van der Waals surface area contributed by atoms with Gasteiger partial charge >= 0.3 is 5.97 Å². The van der Waals surface area contributed by atoms with Gasteiger partial charge in [0.25, 0.3) is 0 Å². The molecule has 0 amide bonds. The molecule has 0 aliphatic carbocycles. The fraction of sp³-hybridized carbons (Fsp3) is 0.636. The van der Waals surface area contributed by atoms with Gasteiger partial charge in [0.1, 0.15) is 5.76 Å². The SMILES string of the molecule is CCOC(=O)Cc1c(CC)noc1CC. The lowest BCUT2D eigenvalue weighted by molar-refractivity contribution is -0.142. The van der Waals surface area contributed by atoms with E-state index in [2.05, 4.69) is 5.16 Å². The number of rotatable bonds is 5. The lowest BCUT2D eigenvalue weighted by atomic mass is 10.1. The highest BCUT2D eigenvalue weighted by Crippen LogP contribution is 2.16. The second-order valence-corrected chi connectivity index (χ2v) is 3.22. The van der Waals surface area contributed by atoms with E-state index in [1.807, 2.05) is 13.8 Å². The maximum absolute atomic E-state index is 11.4. The Bertz CT molecular complexity index is 309. The topological polar surface area (TPSA) is 52.3 Å². The number of hydrogen-bond donors (Lipinski definition) is 0. The lowest BCUT2D eigenvalue weighted by Gasteiger charge is -2.02. The number of aromatic nitrogens is 1. The number of esters is 1. The first-order chi connectivity index (χ1) is 7.22. The van der Waals surface area contributed by atoms with Crippen LogP contribution < -0.4 is 0 Å². The van der Waals surface area contributed by atoms with Crippen molar-refractivity contribution in [3.05, 3.63) is 17.0 Å². The predicted octanol–water partition coefficient (Wildman–Crippen LogP) is 1.91. The fourth-order valence-corrected chi connectivity index (χ4v) is 1.49. The van der Waals surface area contributed by atoms with Crippen molar-refractivity contribution in [2.24, 2.45) is 0 Å². The maximum atomic E-state index is 11.4. The van der Waals surface area contributed by atoms with E-state index in [1.54, 1.807) is 6.92 Å². The van der Waals surface area contributed by atoms with Gasteiger partial charge in [0.15, 0.2) is 0 Å². The summed E-state index contributed by atoms with van der Waals surface area (Å²) in [5.41, 5.74) is 1.76. The zero-order valence-electron chi connectivity index (χ0n) is 9.50. The van der Waals surface area contributed by atoms with Crippen LogP contribution in [0.25, 0.3) is 0 Å². The van der Waals surface area contributed by atoms with E-state index in [0.717, 1.165) is 29.9 Å². The van der Waals surface area contributed by atoms with Crippen molar-refractivity contribution in [2.45, 2.75) is 40.0 Å². The minimum atomic E-state index is -0.217. The number of hydrogen-bond acceptors (Lipinski definition) is 4. The molecule has 1 aromatic heterocycles. The van der Waals surface area contributed by atoms with Gasteiger partial charge in [-0.25, -0.2) is 0 Å². The predicted molar refractivity (Wildman–Crippen MR) is 55.6 cm³/mol. The highest BCUT2D eigenvalue weighted by molar-refractivity contribution is 5.73. The third kappa shape index (κ3) is 2.81. The number of carbonyl (C=O) groups is 1. The molecule has 0 saturated heterocycles. The number of nitrogens with zero attached hydrogens (tertiary/aromatic N) is 1. The highest BCUT2D eigenvalue weighted by atomic mass is 16.5. The highest BCUT2D eigenvalue weighted by Gasteiger charge is 2.16. The average molecular weight is 211 g/mol. The van der Waals surface area contributed by atoms with Gasteiger partial charge < -0.3 is 9.26 Å². The van der Waals surface area contributed by atoms with E-state index in [0.29, 0.717) is 6.61 Å². The van der Waals surface area contributed by atoms with Crippen LogP contribution in [0.5, 0.6) is 0 Å². The van der Waals surface area contributed by atoms with E-state index in [1.165, 1.54) is 0 Å². The maximum Gasteiger partial charge on any atom is 0.310 e. The van der Waals surface area contributed by atoms with Crippen LogP contribution in [0.1, 0.15) is 37.8 Å². The number of ether oxygens (including phenoxy) is 1. The standard InChI is InChI=1S/C11H17NO3/c1-4-9-8(7-11(13)14-6-3)10(5-2)15-12-9/h4-7H2,1-3H3. The Morgan fingerprint density at radius 2 is 2.07 bits per heavy atom. The lowest BCUT2D eigenvalue weighted by Crippen LogP contribution is -2.09. The molecule has 0 unspecified atom stereocenters. The van der Waals surface area contributed by atoms with Gasteiger partial charge in [0.05, 0.1) is 18.7 Å². The molecule has 4 nitrogen and oxygen atoms in total. The average Bonchev–Trinajstić information content (AvgIpc) is 2.60. The third-order valence-electron chi connectivity index (χ3n) is 2.23. The summed E-state index contributed by atoms with van der Waals surface area (Å²) in [6.07, 6.45) is 1.80. The zero-order valence-corrected chi connectivity index (χ0v) is 9.50. The molecule has 1 rings (SSSR count). The molecule has 0 aliphatic rings. The molecule has 84 valence electrons. The molecule has 0 aromatic carbocycles. The second kappa shape index (κ2) is 5.53. The summed E-state index contributed by atoms with van der Waals surface area (Å²) in [6.45, 7) is 6.18. The smallest absolute Gasteiger partial charge is 0.310 e. The van der Waals surface area contributed by atoms with Crippen LogP contribution in [0, 0.1) is 0 Å². The summed E-state index contributed by atoms with van der Waals surface area (Å²) < 4.78 is 10.1. The van der Waals surface area contributed by atoms with Crippen LogP contribution in [-0.2, 0) is 28.8 Å². The van der Waals surface area contributed by atoms with Crippen molar-refractivity contribution in [1.29, 1.82) is 0 Å². The first-order valence-corrected chi connectivity index (χ1v) is 5.34. The fourth-order valence-electron chi connectivity index (χ4n) is 1.49. The minimum absolute atomic E-state index is 0.217. The van der Waals surface area contributed by atoms with E-state index in [4.69, 9.17) is 9.26 Å². The second-order valence-electron chi connectivity index (χ2n) is 3.22. The summed E-state index contributed by atoms with van der Waals surface area (Å²) >= 11 is 0. The molecule has 0 fully saturated rings. The van der Waals surface area contributed by atoms with E-state index >= 15 is 0 Å². The van der Waals surface area contributed by atoms with Crippen LogP contribution in [0.2, 0.25) is 0 Å². The molecule has 0 spiro atoms. The molecule has 0 bridgehead atoms. The molecule has 0 N–H and O–H groups in total. The number of aryl methyl sites for hydroxylation is 2. The summed E-state index contributed by atoms with van der Waals surface area (Å²) in [7, 11) is 0. The van der Waals surface area contributed by atoms with Crippen molar-refractivity contribution in [2.75, 3.05) is 6.61 Å². The molecule has 0 saturated carbocycles. The van der Waals surface area contributed by atoms with Gasteiger partial charge in [0, 0.05) is 12.0 Å². The summed E-state index contributed by atoms with van der Waals surface area (Å²) in [4.78, 5) is 11.4. The Morgan fingerprint density at radius 1 is 1.33 bits per heavy atom. The van der Waals surface area contributed by atoms with Crippen LogP contribution in [0.4, 0.5) is 0 Å². The minimum Gasteiger partial charge on any atom is -0.466 e. The van der Waals surface area contributed by atoms with E-state index in [9.17, 15) is 4.79 Å². The van der Waals surface area contributed by atoms with E-state index < -0.39 is 0 Å². The number of carbonyl (C=O) groups excluding carboxylic acids is 1. The molecule has 4 heteroatoms. The summed E-state index contributed by atoms with van der Waals surface area (Å²) in [5, 5.41) is 3.94. The van der Waals surface area contributed by atoms with E-state index in [-0.39, 0.29) is 12.4 Å². The van der Waals surface area contributed by atoms with Crippen LogP contribution in [0.3, 0.4) is 0 Å². The molecule has 0 aliphatic heterocycles. The van der Waals surface area contributed by atoms with Gasteiger partial charge in [-0.1, -0.05) is 19.0 Å². The molecule has 0 radical (unpaired) electrons. The molecule has 1 aromatic rings. The quantitative estimate of drug-likeness (QED) is 0.698. The first kappa shape index (κ1) is 11.8. The van der Waals surface area contributed by atoms with Crippen molar-refractivity contribution in [1.82, 2.24) is 5.16 Å². The van der Waals surface area contributed by atoms with Gasteiger partial charge in [-0.15, -0.1) is 0 Å².